The maximum Gasteiger partial charge on any atom is 0.308 e. The topological polar surface area (TPSA) is 52.6 Å². The van der Waals surface area contributed by atoms with Crippen molar-refractivity contribution < 1.29 is 19.1 Å². The molecule has 0 fully saturated rings. The number of halogens is 2. The molecule has 6 heteroatoms. The molecule has 0 aliphatic carbocycles. The summed E-state index contributed by atoms with van der Waals surface area (Å²) >= 11 is 4.10. The Labute approximate surface area is 132 Å². The average molecular weight is 472 g/mol. The molecule has 0 saturated carbocycles. The van der Waals surface area contributed by atoms with Crippen molar-refractivity contribution in [1.82, 2.24) is 0 Å². The maximum atomic E-state index is 11.1. The number of ether oxygens (including phenoxy) is 2. The van der Waals surface area contributed by atoms with E-state index in [4.69, 9.17) is 9.47 Å². The fourth-order valence-electron chi connectivity index (χ4n) is 1.28. The highest BCUT2D eigenvalue weighted by Crippen LogP contribution is 2.38. The van der Waals surface area contributed by atoms with E-state index >= 15 is 0 Å². The molecule has 0 spiro atoms. The van der Waals surface area contributed by atoms with Gasteiger partial charge in [-0.05, 0) is 51.2 Å². The van der Waals surface area contributed by atoms with E-state index in [1.807, 2.05) is 45.2 Å². The first-order valence-electron chi connectivity index (χ1n) is 4.88. The lowest BCUT2D eigenvalue weighted by Gasteiger charge is -2.14. The third-order valence-electron chi connectivity index (χ3n) is 1.87. The molecule has 0 aromatic heterocycles. The van der Waals surface area contributed by atoms with Gasteiger partial charge in [-0.2, -0.15) is 0 Å². The highest BCUT2D eigenvalue weighted by molar-refractivity contribution is 14.1. The van der Waals surface area contributed by atoms with E-state index in [1.54, 1.807) is 6.07 Å². The van der Waals surface area contributed by atoms with E-state index in [-0.39, 0.29) is 0 Å². The maximum absolute atomic E-state index is 11.1. The van der Waals surface area contributed by atoms with Crippen molar-refractivity contribution in [3.05, 3.63) is 25.3 Å². The molecule has 1 aromatic rings. The monoisotopic (exact) mass is 472 g/mol. The second kappa shape index (κ2) is 6.50. The molecule has 1 aromatic carbocycles. The summed E-state index contributed by atoms with van der Waals surface area (Å²) in [6.45, 7) is 6.28. The molecule has 0 aliphatic heterocycles. The van der Waals surface area contributed by atoms with Gasteiger partial charge < -0.3 is 9.47 Å². The average Bonchev–Trinajstić information content (AvgIpc) is 2.24. The summed E-state index contributed by atoms with van der Waals surface area (Å²) in [7, 11) is 0. The number of rotatable bonds is 3. The third kappa shape index (κ3) is 3.67. The van der Waals surface area contributed by atoms with Crippen molar-refractivity contribution in [2.75, 3.05) is 0 Å². The van der Waals surface area contributed by atoms with Gasteiger partial charge in [0.1, 0.15) is 0 Å². The van der Waals surface area contributed by atoms with Crippen LogP contribution in [-0.2, 0) is 9.59 Å². The smallest absolute Gasteiger partial charge is 0.308 e. The minimum atomic E-state index is -0.439. The predicted octanol–water partition coefficient (Wildman–Crippen LogP) is 3.39. The zero-order chi connectivity index (χ0) is 13.9. The number of carbonyl (C=O) groups is 2. The summed E-state index contributed by atoms with van der Waals surface area (Å²) in [4.78, 5) is 22.2. The van der Waals surface area contributed by atoms with Gasteiger partial charge >= 0.3 is 11.9 Å². The summed E-state index contributed by atoms with van der Waals surface area (Å²) in [6.07, 6.45) is 1.50. The second-order valence-electron chi connectivity index (χ2n) is 3.30. The zero-order valence-electron chi connectivity index (χ0n) is 9.75. The fourth-order valence-corrected chi connectivity index (χ4v) is 3.30. The van der Waals surface area contributed by atoms with E-state index in [1.165, 1.54) is 19.9 Å². The van der Waals surface area contributed by atoms with Crippen molar-refractivity contribution in [2.45, 2.75) is 13.8 Å². The van der Waals surface area contributed by atoms with Gasteiger partial charge in [0, 0.05) is 13.8 Å². The largest absolute Gasteiger partial charge is 0.425 e. The number of esters is 2. The lowest BCUT2D eigenvalue weighted by molar-refractivity contribution is -0.132. The van der Waals surface area contributed by atoms with Crippen LogP contribution in [0.3, 0.4) is 0 Å². The van der Waals surface area contributed by atoms with Gasteiger partial charge in [0.25, 0.3) is 0 Å². The molecule has 0 atom stereocenters. The predicted molar refractivity (Wildman–Crippen MR) is 84.6 cm³/mol. The van der Waals surface area contributed by atoms with Crippen LogP contribution in [-0.4, -0.2) is 11.9 Å². The molecular weight excluding hydrogens is 462 g/mol. The van der Waals surface area contributed by atoms with Crippen LogP contribution in [0.5, 0.6) is 11.5 Å². The lowest BCUT2D eigenvalue weighted by atomic mass is 10.1. The summed E-state index contributed by atoms with van der Waals surface area (Å²) in [5, 5.41) is 0. The molecule has 0 bridgehead atoms. The van der Waals surface area contributed by atoms with Gasteiger partial charge in [-0.1, -0.05) is 12.7 Å². The molecule has 0 amide bonds. The SMILES string of the molecule is C=Cc1c(OC(C)=O)c(I)cc(I)c1OC(C)=O. The molecule has 1 rings (SSSR count). The molecule has 0 saturated heterocycles. The molecule has 0 heterocycles. The summed E-state index contributed by atoms with van der Waals surface area (Å²) in [5.74, 6) is -0.165. The van der Waals surface area contributed by atoms with Crippen LogP contribution in [0.15, 0.2) is 12.6 Å². The van der Waals surface area contributed by atoms with Crippen LogP contribution in [0, 0.1) is 7.14 Å². The summed E-state index contributed by atoms with van der Waals surface area (Å²) < 4.78 is 11.8. The molecule has 0 unspecified atom stereocenters. The van der Waals surface area contributed by atoms with Gasteiger partial charge in [-0.3, -0.25) is 9.59 Å². The first-order chi connectivity index (χ1) is 8.36. The van der Waals surface area contributed by atoms with Gasteiger partial charge in [0.2, 0.25) is 0 Å². The van der Waals surface area contributed by atoms with E-state index in [0.717, 1.165) is 7.14 Å². The van der Waals surface area contributed by atoms with Gasteiger partial charge in [-0.15, -0.1) is 0 Å². The van der Waals surface area contributed by atoms with Crippen molar-refractivity contribution >= 4 is 63.2 Å². The summed E-state index contributed by atoms with van der Waals surface area (Å²) in [5.41, 5.74) is 0.497. The summed E-state index contributed by atoms with van der Waals surface area (Å²) in [6, 6.07) is 1.77. The Kier molecular flexibility index (Phi) is 5.57. The Bertz CT molecular complexity index is 483. The number of benzene rings is 1. The van der Waals surface area contributed by atoms with Gasteiger partial charge in [-0.25, -0.2) is 0 Å². The van der Waals surface area contributed by atoms with E-state index in [0.29, 0.717) is 17.1 Å². The zero-order valence-corrected chi connectivity index (χ0v) is 14.1. The van der Waals surface area contributed by atoms with E-state index in [2.05, 4.69) is 6.58 Å². The van der Waals surface area contributed by atoms with Gasteiger partial charge in [0.15, 0.2) is 11.5 Å². The number of hydrogen-bond donors (Lipinski definition) is 0. The molecule has 96 valence electrons. The van der Waals surface area contributed by atoms with Crippen LogP contribution in [0.2, 0.25) is 0 Å². The van der Waals surface area contributed by atoms with Crippen molar-refractivity contribution in [3.8, 4) is 11.5 Å². The molecule has 0 aliphatic rings. The Hall–Kier alpha value is -0.640. The van der Waals surface area contributed by atoms with Crippen molar-refractivity contribution in [2.24, 2.45) is 0 Å². The molecule has 4 nitrogen and oxygen atoms in total. The van der Waals surface area contributed by atoms with E-state index < -0.39 is 11.9 Å². The lowest BCUT2D eigenvalue weighted by Crippen LogP contribution is -2.09. The minimum Gasteiger partial charge on any atom is -0.425 e. The standard InChI is InChI=1S/C12H10I2O4/c1-4-8-11(17-6(2)15)9(13)5-10(14)12(8)18-7(3)16/h4-5H,1H2,2-3H3. The van der Waals surface area contributed by atoms with Crippen LogP contribution in [0.4, 0.5) is 0 Å². The highest BCUT2D eigenvalue weighted by Gasteiger charge is 2.19. The molecule has 0 radical (unpaired) electrons. The first kappa shape index (κ1) is 15.4. The number of carbonyl (C=O) groups excluding carboxylic acids is 2. The Morgan fingerprint density at radius 2 is 1.50 bits per heavy atom. The Morgan fingerprint density at radius 1 is 1.11 bits per heavy atom. The molecular formula is C12H10I2O4. The first-order valence-corrected chi connectivity index (χ1v) is 7.03. The molecule has 18 heavy (non-hydrogen) atoms. The Balaban J connectivity index is 3.46. The quantitative estimate of drug-likeness (QED) is 0.385. The fraction of sp³-hybridized carbons (Fsp3) is 0.167. The van der Waals surface area contributed by atoms with Gasteiger partial charge in [0.05, 0.1) is 12.7 Å². The molecule has 0 N–H and O–H groups in total. The van der Waals surface area contributed by atoms with Crippen LogP contribution in [0.25, 0.3) is 6.08 Å². The van der Waals surface area contributed by atoms with Crippen molar-refractivity contribution in [1.29, 1.82) is 0 Å². The Morgan fingerprint density at radius 3 is 1.78 bits per heavy atom. The van der Waals surface area contributed by atoms with E-state index in [9.17, 15) is 9.59 Å². The van der Waals surface area contributed by atoms with Crippen LogP contribution in [0.1, 0.15) is 19.4 Å². The number of hydrogen-bond acceptors (Lipinski definition) is 4. The van der Waals surface area contributed by atoms with Crippen LogP contribution < -0.4 is 9.47 Å². The third-order valence-corrected chi connectivity index (χ3v) is 3.47. The highest BCUT2D eigenvalue weighted by atomic mass is 127. The second-order valence-corrected chi connectivity index (χ2v) is 5.63. The van der Waals surface area contributed by atoms with Crippen molar-refractivity contribution in [3.63, 3.8) is 0 Å². The minimum absolute atomic E-state index is 0.356. The normalized spacial score (nSPS) is 9.78. The van der Waals surface area contributed by atoms with Crippen LogP contribution >= 0.6 is 45.2 Å².